The number of fused-ring (bicyclic) bond motifs is 5. The van der Waals surface area contributed by atoms with E-state index in [2.05, 4.69) is 100 Å². The van der Waals surface area contributed by atoms with E-state index in [4.69, 9.17) is 4.74 Å². The summed E-state index contributed by atoms with van der Waals surface area (Å²) >= 11 is 0. The van der Waals surface area contributed by atoms with Gasteiger partial charge in [0.2, 0.25) is 5.69 Å². The van der Waals surface area contributed by atoms with Crippen molar-refractivity contribution in [1.82, 2.24) is 0 Å². The van der Waals surface area contributed by atoms with Gasteiger partial charge in [0, 0.05) is 17.0 Å². The molecule has 0 saturated carbocycles. The zero-order chi connectivity index (χ0) is 21.4. The highest BCUT2D eigenvalue weighted by atomic mass is 16.5. The van der Waals surface area contributed by atoms with E-state index in [1.54, 1.807) is 0 Å². The molecule has 2 heteroatoms. The standard InChI is InChI=1S/C29H26NO/c1-16(2)19-11-8-12-22-23-13-14-30(5)28-26-17(3)20-9-6-7-10-21(20)18(4)29(26)31-25(27(23)28)15-24(19)22/h6-16H,1-5H3/q+1. The Kier molecular flexibility index (Phi) is 3.74. The van der Waals surface area contributed by atoms with E-state index in [-0.39, 0.29) is 0 Å². The molecule has 0 bridgehead atoms. The number of hydrogen-bond acceptors (Lipinski definition) is 1. The van der Waals surface area contributed by atoms with Gasteiger partial charge in [0.05, 0.1) is 10.9 Å². The van der Waals surface area contributed by atoms with Crippen molar-refractivity contribution in [3.05, 3.63) is 77.5 Å². The Hall–Kier alpha value is -3.39. The maximum atomic E-state index is 6.75. The highest BCUT2D eigenvalue weighted by molar-refractivity contribution is 6.16. The van der Waals surface area contributed by atoms with E-state index in [0.29, 0.717) is 5.92 Å². The highest BCUT2D eigenvalue weighted by Gasteiger charge is 2.32. The molecule has 0 N–H and O–H groups in total. The maximum Gasteiger partial charge on any atom is 0.228 e. The molecule has 0 fully saturated rings. The van der Waals surface area contributed by atoms with Crippen molar-refractivity contribution < 1.29 is 9.30 Å². The molecule has 0 spiro atoms. The molecular formula is C29H26NO+. The Morgan fingerprint density at radius 2 is 1.48 bits per heavy atom. The SMILES string of the molecule is Cc1c2c(c(C)c3ccccc13)-c1c3c(cc4c(C(C)C)cccc4c3cc[n+]1C)O2. The molecule has 1 aliphatic rings. The average Bonchev–Trinajstić information content (AvgIpc) is 2.78. The van der Waals surface area contributed by atoms with Gasteiger partial charge in [-0.15, -0.1) is 0 Å². The van der Waals surface area contributed by atoms with Crippen LogP contribution in [0.25, 0.3) is 43.6 Å². The summed E-state index contributed by atoms with van der Waals surface area (Å²) in [5.74, 6) is 2.41. The largest absolute Gasteiger partial charge is 0.455 e. The molecule has 1 aliphatic heterocycles. The van der Waals surface area contributed by atoms with E-state index in [9.17, 15) is 0 Å². The smallest absolute Gasteiger partial charge is 0.228 e. The van der Waals surface area contributed by atoms with Gasteiger partial charge in [-0.3, -0.25) is 0 Å². The van der Waals surface area contributed by atoms with Crippen LogP contribution in [-0.4, -0.2) is 0 Å². The van der Waals surface area contributed by atoms with Gasteiger partial charge in [0.25, 0.3) is 0 Å². The lowest BCUT2D eigenvalue weighted by atomic mass is 9.87. The first-order valence-electron chi connectivity index (χ1n) is 11.1. The second-order valence-electron chi connectivity index (χ2n) is 9.14. The van der Waals surface area contributed by atoms with Gasteiger partial charge >= 0.3 is 0 Å². The van der Waals surface area contributed by atoms with Crippen LogP contribution in [-0.2, 0) is 7.05 Å². The lowest BCUT2D eigenvalue weighted by molar-refractivity contribution is -0.659. The van der Waals surface area contributed by atoms with Crippen molar-refractivity contribution in [2.45, 2.75) is 33.6 Å². The van der Waals surface area contributed by atoms with Crippen LogP contribution in [0.1, 0.15) is 36.5 Å². The number of hydrogen-bond donors (Lipinski definition) is 0. The third kappa shape index (κ3) is 2.36. The van der Waals surface area contributed by atoms with Gasteiger partial charge < -0.3 is 4.74 Å². The summed E-state index contributed by atoms with van der Waals surface area (Å²) in [6.07, 6.45) is 2.20. The number of benzene rings is 4. The Balaban J connectivity index is 1.84. The van der Waals surface area contributed by atoms with Gasteiger partial charge in [-0.1, -0.05) is 56.3 Å². The van der Waals surface area contributed by atoms with Crippen LogP contribution in [0.4, 0.5) is 0 Å². The van der Waals surface area contributed by atoms with Crippen molar-refractivity contribution in [1.29, 1.82) is 0 Å². The molecule has 31 heavy (non-hydrogen) atoms. The van der Waals surface area contributed by atoms with E-state index in [0.717, 1.165) is 11.5 Å². The zero-order valence-corrected chi connectivity index (χ0v) is 18.7. The van der Waals surface area contributed by atoms with Gasteiger partial charge in [0.15, 0.2) is 6.20 Å². The third-order valence-electron chi connectivity index (χ3n) is 7.02. The molecule has 152 valence electrons. The van der Waals surface area contributed by atoms with Crippen LogP contribution in [0.15, 0.2) is 60.8 Å². The van der Waals surface area contributed by atoms with Crippen molar-refractivity contribution in [2.24, 2.45) is 7.05 Å². The Morgan fingerprint density at radius 1 is 0.774 bits per heavy atom. The summed E-state index contributed by atoms with van der Waals surface area (Å²) in [6, 6.07) is 19.9. The minimum atomic E-state index is 0.455. The number of pyridine rings is 1. The fraction of sp³-hybridized carbons (Fsp3) is 0.207. The van der Waals surface area contributed by atoms with Gasteiger partial charge in [0.1, 0.15) is 18.5 Å². The number of aryl methyl sites for hydroxylation is 3. The molecule has 0 amide bonds. The molecule has 5 aromatic rings. The van der Waals surface area contributed by atoms with Crippen molar-refractivity contribution >= 4 is 32.3 Å². The normalized spacial score (nSPS) is 12.6. The predicted molar refractivity (Wildman–Crippen MR) is 129 cm³/mol. The van der Waals surface area contributed by atoms with Crippen LogP contribution < -0.4 is 9.30 Å². The number of rotatable bonds is 1. The van der Waals surface area contributed by atoms with Gasteiger partial charge in [-0.2, -0.15) is 0 Å². The minimum absolute atomic E-state index is 0.455. The van der Waals surface area contributed by atoms with Gasteiger partial charge in [-0.25, -0.2) is 4.57 Å². The van der Waals surface area contributed by atoms with Crippen LogP contribution in [0.3, 0.4) is 0 Å². The minimum Gasteiger partial charge on any atom is -0.455 e. The summed E-state index contributed by atoms with van der Waals surface area (Å²) in [5, 5.41) is 7.63. The summed E-state index contributed by atoms with van der Waals surface area (Å²) in [5.41, 5.74) is 6.32. The first-order chi connectivity index (χ1) is 15.0. The van der Waals surface area contributed by atoms with Crippen LogP contribution >= 0.6 is 0 Å². The zero-order valence-electron chi connectivity index (χ0n) is 18.7. The molecule has 0 atom stereocenters. The first kappa shape index (κ1) is 18.4. The molecule has 0 radical (unpaired) electrons. The Morgan fingerprint density at radius 3 is 2.23 bits per heavy atom. The fourth-order valence-corrected chi connectivity index (χ4v) is 5.46. The Bertz CT molecular complexity index is 1560. The summed E-state index contributed by atoms with van der Waals surface area (Å²) in [6.45, 7) is 8.94. The highest BCUT2D eigenvalue weighted by Crippen LogP contribution is 2.51. The molecule has 1 aromatic heterocycles. The topological polar surface area (TPSA) is 13.1 Å². The molecule has 0 saturated heterocycles. The van der Waals surface area contributed by atoms with Crippen molar-refractivity contribution in [2.75, 3.05) is 0 Å². The van der Waals surface area contributed by atoms with E-state index < -0.39 is 0 Å². The maximum absolute atomic E-state index is 6.75. The van der Waals surface area contributed by atoms with E-state index in [1.807, 2.05) is 0 Å². The number of ether oxygens (including phenoxy) is 1. The van der Waals surface area contributed by atoms with Crippen LogP contribution in [0.2, 0.25) is 0 Å². The predicted octanol–water partition coefficient (Wildman–Crippen LogP) is 7.48. The molecule has 6 rings (SSSR count). The summed E-state index contributed by atoms with van der Waals surface area (Å²) in [7, 11) is 2.15. The third-order valence-corrected chi connectivity index (χ3v) is 7.02. The van der Waals surface area contributed by atoms with Crippen molar-refractivity contribution in [3.8, 4) is 22.8 Å². The Labute approximate surface area is 182 Å². The molecule has 4 aromatic carbocycles. The number of nitrogens with zero attached hydrogens (tertiary/aromatic N) is 1. The lowest BCUT2D eigenvalue weighted by Crippen LogP contribution is -2.32. The fourth-order valence-electron chi connectivity index (χ4n) is 5.46. The van der Waals surface area contributed by atoms with Crippen LogP contribution in [0, 0.1) is 13.8 Å². The molecule has 0 aliphatic carbocycles. The van der Waals surface area contributed by atoms with Crippen LogP contribution in [0.5, 0.6) is 11.5 Å². The summed E-state index contributed by atoms with van der Waals surface area (Å²) in [4.78, 5) is 0. The lowest BCUT2D eigenvalue weighted by Gasteiger charge is -2.25. The van der Waals surface area contributed by atoms with E-state index >= 15 is 0 Å². The average molecular weight is 405 g/mol. The van der Waals surface area contributed by atoms with Crippen molar-refractivity contribution in [3.63, 3.8) is 0 Å². The number of aromatic nitrogens is 1. The first-order valence-corrected chi connectivity index (χ1v) is 11.1. The monoisotopic (exact) mass is 404 g/mol. The van der Waals surface area contributed by atoms with E-state index in [1.165, 1.54) is 60.3 Å². The quantitative estimate of drug-likeness (QED) is 0.204. The molecule has 0 unspecified atom stereocenters. The second-order valence-corrected chi connectivity index (χ2v) is 9.14. The molecule has 2 nitrogen and oxygen atoms in total. The molecular weight excluding hydrogens is 378 g/mol. The molecule has 2 heterocycles. The van der Waals surface area contributed by atoms with Gasteiger partial charge in [-0.05, 0) is 58.5 Å². The summed E-state index contributed by atoms with van der Waals surface area (Å²) < 4.78 is 9.01. The second kappa shape index (κ2) is 6.31.